The number of carbonyl (C=O) groups is 1. The summed E-state index contributed by atoms with van der Waals surface area (Å²) in [5, 5.41) is 0. The van der Waals surface area contributed by atoms with Gasteiger partial charge >= 0.3 is 0 Å². The molecule has 0 saturated carbocycles. The Morgan fingerprint density at radius 1 is 1.69 bits per heavy atom. The molecule has 1 rings (SSSR count). The third-order valence-corrected chi connectivity index (χ3v) is 2.33. The molecule has 0 spiro atoms. The largest absolute Gasteiger partial charge is 0.369 e. The summed E-state index contributed by atoms with van der Waals surface area (Å²) in [5.74, 6) is 0.370. The van der Waals surface area contributed by atoms with Gasteiger partial charge in [-0.2, -0.15) is 12.6 Å². The molecule has 1 saturated heterocycles. The van der Waals surface area contributed by atoms with E-state index in [1.807, 2.05) is 25.7 Å². The van der Waals surface area contributed by atoms with E-state index >= 15 is 0 Å². The van der Waals surface area contributed by atoms with Crippen molar-refractivity contribution in [1.82, 2.24) is 4.90 Å². The quantitative estimate of drug-likeness (QED) is 0.643. The van der Waals surface area contributed by atoms with E-state index in [2.05, 4.69) is 12.6 Å². The van der Waals surface area contributed by atoms with Crippen molar-refractivity contribution in [3.63, 3.8) is 0 Å². The lowest BCUT2D eigenvalue weighted by Crippen LogP contribution is -2.54. The number of nitrogens with zero attached hydrogens (tertiary/aromatic N) is 1. The maximum atomic E-state index is 11.4. The molecule has 0 aromatic heterocycles. The van der Waals surface area contributed by atoms with Crippen LogP contribution < -0.4 is 0 Å². The highest BCUT2D eigenvalue weighted by Crippen LogP contribution is 2.20. The molecule has 0 radical (unpaired) electrons. The molecule has 1 unspecified atom stereocenters. The zero-order valence-corrected chi connectivity index (χ0v) is 9.30. The van der Waals surface area contributed by atoms with E-state index in [1.165, 1.54) is 0 Å². The lowest BCUT2D eigenvalue weighted by molar-refractivity contribution is -0.155. The Morgan fingerprint density at radius 2 is 2.31 bits per heavy atom. The standard InChI is InChI=1S/C9H17NO2S/c1-7-4-10(8(11)5-13)6-9(2,3)12-7/h7,13H,4-6H2,1-3H3. The van der Waals surface area contributed by atoms with Crippen molar-refractivity contribution in [1.29, 1.82) is 0 Å². The molecular weight excluding hydrogens is 186 g/mol. The van der Waals surface area contributed by atoms with Gasteiger partial charge in [-0.15, -0.1) is 0 Å². The topological polar surface area (TPSA) is 29.5 Å². The lowest BCUT2D eigenvalue weighted by atomic mass is 10.1. The smallest absolute Gasteiger partial charge is 0.232 e. The molecule has 1 amide bonds. The SMILES string of the molecule is CC1CN(C(=O)CS)CC(C)(C)O1. The highest BCUT2D eigenvalue weighted by atomic mass is 32.1. The van der Waals surface area contributed by atoms with E-state index in [4.69, 9.17) is 4.74 Å². The first-order valence-electron chi connectivity index (χ1n) is 4.51. The normalized spacial score (nSPS) is 27.4. The summed E-state index contributed by atoms with van der Waals surface area (Å²) in [4.78, 5) is 13.2. The summed E-state index contributed by atoms with van der Waals surface area (Å²) in [5.41, 5.74) is -0.226. The van der Waals surface area contributed by atoms with Gasteiger partial charge in [-0.3, -0.25) is 4.79 Å². The van der Waals surface area contributed by atoms with Gasteiger partial charge < -0.3 is 9.64 Å². The van der Waals surface area contributed by atoms with Crippen molar-refractivity contribution in [2.75, 3.05) is 18.8 Å². The molecule has 0 bridgehead atoms. The van der Waals surface area contributed by atoms with Crippen LogP contribution in [0.5, 0.6) is 0 Å². The molecule has 1 aliphatic heterocycles. The predicted molar refractivity (Wildman–Crippen MR) is 55.1 cm³/mol. The van der Waals surface area contributed by atoms with Gasteiger partial charge in [0.15, 0.2) is 0 Å². The van der Waals surface area contributed by atoms with Crippen LogP contribution in [0.4, 0.5) is 0 Å². The highest BCUT2D eigenvalue weighted by Gasteiger charge is 2.32. The van der Waals surface area contributed by atoms with Gasteiger partial charge in [-0.05, 0) is 20.8 Å². The first-order chi connectivity index (χ1) is 5.94. The number of amides is 1. The summed E-state index contributed by atoms with van der Waals surface area (Å²) < 4.78 is 5.68. The summed E-state index contributed by atoms with van der Waals surface area (Å²) in [6.07, 6.45) is 0.118. The van der Waals surface area contributed by atoms with Crippen molar-refractivity contribution in [2.45, 2.75) is 32.5 Å². The van der Waals surface area contributed by atoms with E-state index in [9.17, 15) is 4.79 Å². The van der Waals surface area contributed by atoms with E-state index in [-0.39, 0.29) is 23.4 Å². The van der Waals surface area contributed by atoms with E-state index in [1.54, 1.807) is 0 Å². The van der Waals surface area contributed by atoms with Gasteiger partial charge in [0.1, 0.15) is 0 Å². The minimum Gasteiger partial charge on any atom is -0.369 e. The van der Waals surface area contributed by atoms with Gasteiger partial charge in [-0.1, -0.05) is 0 Å². The average Bonchev–Trinajstić information content (AvgIpc) is 1.99. The van der Waals surface area contributed by atoms with Crippen molar-refractivity contribution in [3.8, 4) is 0 Å². The third kappa shape index (κ3) is 2.88. The van der Waals surface area contributed by atoms with Crippen LogP contribution in [0.15, 0.2) is 0 Å². The van der Waals surface area contributed by atoms with Crippen molar-refractivity contribution in [2.24, 2.45) is 0 Å². The fourth-order valence-corrected chi connectivity index (χ4v) is 1.94. The van der Waals surface area contributed by atoms with Crippen molar-refractivity contribution in [3.05, 3.63) is 0 Å². The fourth-order valence-electron chi connectivity index (χ4n) is 1.74. The molecule has 0 aromatic carbocycles. The maximum absolute atomic E-state index is 11.4. The Balaban J connectivity index is 2.62. The lowest BCUT2D eigenvalue weighted by Gasteiger charge is -2.41. The molecule has 0 aliphatic carbocycles. The van der Waals surface area contributed by atoms with Crippen LogP contribution in [0.1, 0.15) is 20.8 Å². The van der Waals surface area contributed by atoms with Gasteiger partial charge in [0.05, 0.1) is 17.5 Å². The van der Waals surface area contributed by atoms with Crippen LogP contribution in [-0.2, 0) is 9.53 Å². The molecule has 0 N–H and O–H groups in total. The Bertz CT molecular complexity index is 206. The number of hydrogen-bond donors (Lipinski definition) is 1. The second-order valence-corrected chi connectivity index (χ2v) is 4.44. The predicted octanol–water partition coefficient (Wildman–Crippen LogP) is 0.942. The summed E-state index contributed by atoms with van der Waals surface area (Å²) in [6.45, 7) is 7.34. The third-order valence-electron chi connectivity index (χ3n) is 2.06. The Morgan fingerprint density at radius 3 is 2.77 bits per heavy atom. The number of thiol groups is 1. The summed E-state index contributed by atoms with van der Waals surface area (Å²) >= 11 is 3.98. The highest BCUT2D eigenvalue weighted by molar-refractivity contribution is 7.81. The van der Waals surface area contributed by atoms with Gasteiger partial charge in [0.25, 0.3) is 0 Å². The maximum Gasteiger partial charge on any atom is 0.232 e. The summed E-state index contributed by atoms with van der Waals surface area (Å²) in [6, 6.07) is 0. The van der Waals surface area contributed by atoms with Crippen LogP contribution in [0.2, 0.25) is 0 Å². The zero-order chi connectivity index (χ0) is 10.1. The van der Waals surface area contributed by atoms with E-state index in [0.717, 1.165) is 0 Å². The molecular formula is C9H17NO2S. The molecule has 3 nitrogen and oxygen atoms in total. The molecule has 13 heavy (non-hydrogen) atoms. The monoisotopic (exact) mass is 203 g/mol. The van der Waals surface area contributed by atoms with E-state index in [0.29, 0.717) is 13.1 Å². The molecule has 1 aliphatic rings. The molecule has 1 atom stereocenters. The molecule has 1 fully saturated rings. The van der Waals surface area contributed by atoms with Crippen LogP contribution in [-0.4, -0.2) is 41.4 Å². The molecule has 0 aromatic rings. The minimum atomic E-state index is -0.226. The van der Waals surface area contributed by atoms with Crippen molar-refractivity contribution >= 4 is 18.5 Å². The van der Waals surface area contributed by atoms with Crippen LogP contribution in [0, 0.1) is 0 Å². The number of ether oxygens (including phenoxy) is 1. The second-order valence-electron chi connectivity index (χ2n) is 4.12. The average molecular weight is 203 g/mol. The van der Waals surface area contributed by atoms with Gasteiger partial charge in [0, 0.05) is 13.1 Å². The number of rotatable bonds is 1. The molecule has 4 heteroatoms. The Kier molecular flexibility index (Phi) is 3.24. The second kappa shape index (κ2) is 3.88. The number of carbonyl (C=O) groups excluding carboxylic acids is 1. The van der Waals surface area contributed by atoms with Crippen LogP contribution in [0.25, 0.3) is 0 Å². The van der Waals surface area contributed by atoms with Crippen LogP contribution in [0.3, 0.4) is 0 Å². The minimum absolute atomic E-state index is 0.0894. The van der Waals surface area contributed by atoms with Crippen LogP contribution >= 0.6 is 12.6 Å². The Hall–Kier alpha value is -0.220. The first-order valence-corrected chi connectivity index (χ1v) is 5.14. The molecule has 1 heterocycles. The fraction of sp³-hybridized carbons (Fsp3) is 0.889. The summed E-state index contributed by atoms with van der Waals surface area (Å²) in [7, 11) is 0. The first kappa shape index (κ1) is 10.9. The van der Waals surface area contributed by atoms with Gasteiger partial charge in [0.2, 0.25) is 5.91 Å². The molecule has 76 valence electrons. The Labute approximate surface area is 84.8 Å². The number of hydrogen-bond acceptors (Lipinski definition) is 3. The van der Waals surface area contributed by atoms with Gasteiger partial charge in [-0.25, -0.2) is 0 Å². The van der Waals surface area contributed by atoms with E-state index < -0.39 is 0 Å². The number of morpholine rings is 1. The zero-order valence-electron chi connectivity index (χ0n) is 8.41. The van der Waals surface area contributed by atoms with Crippen molar-refractivity contribution < 1.29 is 9.53 Å².